The molecule has 0 spiro atoms. The zero-order valence-corrected chi connectivity index (χ0v) is 12.9. The molecule has 0 saturated heterocycles. The van der Waals surface area contributed by atoms with Crippen LogP contribution in [0.4, 0.5) is 14.9 Å². The van der Waals surface area contributed by atoms with Gasteiger partial charge in [-0.15, -0.1) is 0 Å². The Hall–Kier alpha value is -2.89. The zero-order chi connectivity index (χ0) is 16.8. The number of halogens is 1. The highest BCUT2D eigenvalue weighted by Gasteiger charge is 2.22. The minimum absolute atomic E-state index is 0.367. The molecule has 2 aromatic rings. The Morgan fingerprint density at radius 1 is 1.09 bits per heavy atom. The van der Waals surface area contributed by atoms with Crippen molar-refractivity contribution in [3.05, 3.63) is 65.5 Å². The molecule has 1 atom stereocenters. The molecule has 0 fully saturated rings. The molecule has 23 heavy (non-hydrogen) atoms. The summed E-state index contributed by atoms with van der Waals surface area (Å²) in [5.41, 5.74) is 1.63. The largest absolute Gasteiger partial charge is 0.370 e. The summed E-state index contributed by atoms with van der Waals surface area (Å²) in [5, 5.41) is 7.51. The third kappa shape index (κ3) is 4.29. The minimum Gasteiger partial charge on any atom is -0.370 e. The van der Waals surface area contributed by atoms with Crippen LogP contribution < -0.4 is 16.0 Å². The van der Waals surface area contributed by atoms with Crippen LogP contribution in [-0.2, 0) is 4.79 Å². The maximum atomic E-state index is 13.7. The van der Waals surface area contributed by atoms with Crippen molar-refractivity contribution in [3.8, 4) is 0 Å². The normalized spacial score (nSPS) is 11.4. The van der Waals surface area contributed by atoms with Crippen molar-refractivity contribution in [1.82, 2.24) is 10.6 Å². The molecular formula is C17H18FN3O2. The van der Waals surface area contributed by atoms with Gasteiger partial charge in [-0.05, 0) is 30.2 Å². The van der Waals surface area contributed by atoms with E-state index in [1.165, 1.54) is 13.1 Å². The summed E-state index contributed by atoms with van der Waals surface area (Å²) in [7, 11) is 1.42. The maximum Gasteiger partial charge on any atom is 0.321 e. The Balaban J connectivity index is 2.28. The summed E-state index contributed by atoms with van der Waals surface area (Å²) in [4.78, 5) is 23.7. The molecule has 2 aromatic carbocycles. The Morgan fingerprint density at radius 2 is 1.78 bits per heavy atom. The van der Waals surface area contributed by atoms with Crippen LogP contribution in [0.3, 0.4) is 0 Å². The number of nitrogens with one attached hydrogen (secondary N) is 3. The lowest BCUT2D eigenvalue weighted by Crippen LogP contribution is -2.42. The Morgan fingerprint density at radius 3 is 2.39 bits per heavy atom. The van der Waals surface area contributed by atoms with Crippen molar-refractivity contribution in [3.63, 3.8) is 0 Å². The van der Waals surface area contributed by atoms with Gasteiger partial charge in [-0.1, -0.05) is 36.4 Å². The van der Waals surface area contributed by atoms with E-state index in [0.717, 1.165) is 0 Å². The average molecular weight is 315 g/mol. The monoisotopic (exact) mass is 315 g/mol. The van der Waals surface area contributed by atoms with E-state index >= 15 is 0 Å². The summed E-state index contributed by atoms with van der Waals surface area (Å²) in [6.45, 7) is 1.66. The first-order valence-electron chi connectivity index (χ1n) is 7.11. The van der Waals surface area contributed by atoms with Gasteiger partial charge in [-0.25, -0.2) is 9.18 Å². The van der Waals surface area contributed by atoms with Gasteiger partial charge < -0.3 is 10.6 Å². The number of rotatable bonds is 4. The molecule has 0 bridgehead atoms. The van der Waals surface area contributed by atoms with Crippen LogP contribution >= 0.6 is 0 Å². The highest BCUT2D eigenvalue weighted by Crippen LogP contribution is 2.21. The molecule has 0 aliphatic carbocycles. The lowest BCUT2D eigenvalue weighted by molar-refractivity contribution is -0.120. The van der Waals surface area contributed by atoms with E-state index in [1.807, 2.05) is 6.07 Å². The van der Waals surface area contributed by atoms with Crippen LogP contribution in [0.25, 0.3) is 0 Å². The number of amides is 3. The highest BCUT2D eigenvalue weighted by molar-refractivity contribution is 5.98. The number of hydrogen-bond donors (Lipinski definition) is 3. The molecule has 0 aromatic heterocycles. The molecule has 3 amide bonds. The lowest BCUT2D eigenvalue weighted by atomic mass is 10.1. The predicted molar refractivity (Wildman–Crippen MR) is 86.5 cm³/mol. The number of carbonyl (C=O) groups excluding carboxylic acids is 2. The number of anilines is 1. The van der Waals surface area contributed by atoms with Gasteiger partial charge in [0.1, 0.15) is 11.9 Å². The van der Waals surface area contributed by atoms with Gasteiger partial charge in [0, 0.05) is 12.7 Å². The second kappa shape index (κ2) is 7.40. The van der Waals surface area contributed by atoms with Crippen molar-refractivity contribution in [2.75, 3.05) is 12.4 Å². The highest BCUT2D eigenvalue weighted by atomic mass is 19.1. The van der Waals surface area contributed by atoms with E-state index < -0.39 is 18.0 Å². The van der Waals surface area contributed by atoms with E-state index in [2.05, 4.69) is 16.0 Å². The topological polar surface area (TPSA) is 70.2 Å². The SMILES string of the molecule is CNC(=O)NC(=O)[C@H](Nc1ccc(C)c(F)c1)c1ccccc1. The number of imide groups is 1. The molecule has 0 unspecified atom stereocenters. The van der Waals surface area contributed by atoms with Gasteiger partial charge in [0.05, 0.1) is 0 Å². The summed E-state index contributed by atoms with van der Waals surface area (Å²) >= 11 is 0. The molecule has 3 N–H and O–H groups in total. The number of carbonyl (C=O) groups is 2. The van der Waals surface area contributed by atoms with E-state index in [4.69, 9.17) is 0 Å². The molecule has 0 saturated carbocycles. The fraction of sp³-hybridized carbons (Fsp3) is 0.176. The molecule has 0 aliphatic rings. The summed E-state index contributed by atoms with van der Waals surface area (Å²) in [5.74, 6) is -0.898. The van der Waals surface area contributed by atoms with Gasteiger partial charge in [0.25, 0.3) is 5.91 Å². The van der Waals surface area contributed by atoms with Gasteiger partial charge in [-0.3, -0.25) is 10.1 Å². The quantitative estimate of drug-likeness (QED) is 0.812. The minimum atomic E-state index is -0.824. The van der Waals surface area contributed by atoms with Gasteiger partial charge >= 0.3 is 6.03 Å². The van der Waals surface area contributed by atoms with E-state index in [9.17, 15) is 14.0 Å². The zero-order valence-electron chi connectivity index (χ0n) is 12.9. The van der Waals surface area contributed by atoms with E-state index in [0.29, 0.717) is 16.8 Å². The van der Waals surface area contributed by atoms with Crippen molar-refractivity contribution in [1.29, 1.82) is 0 Å². The molecule has 5 nitrogen and oxygen atoms in total. The number of urea groups is 1. The average Bonchev–Trinajstić information content (AvgIpc) is 2.56. The van der Waals surface area contributed by atoms with Gasteiger partial charge in [0.15, 0.2) is 0 Å². The second-order valence-corrected chi connectivity index (χ2v) is 5.02. The first-order valence-corrected chi connectivity index (χ1v) is 7.11. The number of hydrogen-bond acceptors (Lipinski definition) is 3. The number of aryl methyl sites for hydroxylation is 1. The third-order valence-electron chi connectivity index (χ3n) is 3.34. The Kier molecular flexibility index (Phi) is 5.30. The molecule has 2 rings (SSSR count). The standard InChI is InChI=1S/C17H18FN3O2/c1-11-8-9-13(10-14(11)18)20-15(12-6-4-3-5-7-12)16(22)21-17(23)19-2/h3-10,15,20H,1-2H3,(H2,19,21,22,23)/t15-/m1/s1. The van der Waals surface area contributed by atoms with Crippen molar-refractivity contribution >= 4 is 17.6 Å². The van der Waals surface area contributed by atoms with Crippen LogP contribution in [0.2, 0.25) is 0 Å². The molecule has 6 heteroatoms. The second-order valence-electron chi connectivity index (χ2n) is 5.02. The first-order chi connectivity index (χ1) is 11.0. The van der Waals surface area contributed by atoms with E-state index in [-0.39, 0.29) is 5.82 Å². The summed E-state index contributed by atoms with van der Waals surface area (Å²) < 4.78 is 13.7. The fourth-order valence-electron chi connectivity index (χ4n) is 2.04. The Bertz CT molecular complexity index is 704. The van der Waals surface area contributed by atoms with Crippen molar-refractivity contribution in [2.45, 2.75) is 13.0 Å². The molecule has 0 heterocycles. The lowest BCUT2D eigenvalue weighted by Gasteiger charge is -2.19. The van der Waals surface area contributed by atoms with Crippen LogP contribution in [0.5, 0.6) is 0 Å². The van der Waals surface area contributed by atoms with Crippen LogP contribution in [-0.4, -0.2) is 19.0 Å². The smallest absolute Gasteiger partial charge is 0.321 e. The van der Waals surface area contributed by atoms with Crippen LogP contribution in [0, 0.1) is 12.7 Å². The molecule has 0 aliphatic heterocycles. The van der Waals surface area contributed by atoms with Crippen LogP contribution in [0.15, 0.2) is 48.5 Å². The first kappa shape index (κ1) is 16.5. The predicted octanol–water partition coefficient (Wildman–Crippen LogP) is 2.74. The van der Waals surface area contributed by atoms with Crippen molar-refractivity contribution in [2.24, 2.45) is 0 Å². The summed E-state index contributed by atoms with van der Waals surface area (Å²) in [6, 6.07) is 12.1. The maximum absolute atomic E-state index is 13.7. The molecule has 0 radical (unpaired) electrons. The van der Waals surface area contributed by atoms with E-state index in [1.54, 1.807) is 43.3 Å². The third-order valence-corrected chi connectivity index (χ3v) is 3.34. The molecular weight excluding hydrogens is 297 g/mol. The van der Waals surface area contributed by atoms with Gasteiger partial charge in [0.2, 0.25) is 0 Å². The molecule has 120 valence electrons. The van der Waals surface area contributed by atoms with Gasteiger partial charge in [-0.2, -0.15) is 0 Å². The summed E-state index contributed by atoms with van der Waals surface area (Å²) in [6.07, 6.45) is 0. The van der Waals surface area contributed by atoms with Crippen molar-refractivity contribution < 1.29 is 14.0 Å². The fourth-order valence-corrected chi connectivity index (χ4v) is 2.04. The Labute approximate surface area is 133 Å². The number of benzene rings is 2. The van der Waals surface area contributed by atoms with Crippen LogP contribution in [0.1, 0.15) is 17.2 Å².